The van der Waals surface area contributed by atoms with Gasteiger partial charge in [0, 0.05) is 34.1 Å². The number of carbonyl (C=O) groups excluding carboxylic acids is 1. The van der Waals surface area contributed by atoms with Gasteiger partial charge < -0.3 is 5.32 Å². The second kappa shape index (κ2) is 8.87. The normalized spacial score (nSPS) is 12.4. The topological polar surface area (TPSA) is 29.1 Å². The van der Waals surface area contributed by atoms with Crippen LogP contribution in [0.1, 0.15) is 54.1 Å². The van der Waals surface area contributed by atoms with Gasteiger partial charge in [-0.15, -0.1) is 23.1 Å². The number of anilines is 1. The monoisotopic (exact) mass is 465 g/mol. The van der Waals surface area contributed by atoms with Crippen molar-refractivity contribution in [3.05, 3.63) is 58.0 Å². The highest BCUT2D eigenvalue weighted by Crippen LogP contribution is 2.42. The average Bonchev–Trinajstić information content (AvgIpc) is 3.05. The Kier molecular flexibility index (Phi) is 6.77. The van der Waals surface area contributed by atoms with Crippen molar-refractivity contribution in [2.45, 2.75) is 50.6 Å². The van der Waals surface area contributed by atoms with Crippen molar-refractivity contribution in [3.63, 3.8) is 0 Å². The molecule has 0 bridgehead atoms. The summed E-state index contributed by atoms with van der Waals surface area (Å²) >= 11 is 2.65. The number of thiophene rings is 1. The summed E-state index contributed by atoms with van der Waals surface area (Å²) in [7, 11) is 1.82. The summed E-state index contributed by atoms with van der Waals surface area (Å²) in [6.45, 7) is 8.33. The van der Waals surface area contributed by atoms with Crippen LogP contribution in [0.15, 0.2) is 41.3 Å². The molecule has 7 heteroatoms. The van der Waals surface area contributed by atoms with Crippen LogP contribution in [0.3, 0.4) is 0 Å². The maximum Gasteiger partial charge on any atom is 0.416 e. The molecule has 0 unspecified atom stereocenters. The van der Waals surface area contributed by atoms with Crippen LogP contribution in [0.4, 0.5) is 18.9 Å². The van der Waals surface area contributed by atoms with E-state index in [2.05, 4.69) is 32.2 Å². The van der Waals surface area contributed by atoms with Crippen LogP contribution < -0.4 is 5.32 Å². The van der Waals surface area contributed by atoms with Crippen LogP contribution in [0.2, 0.25) is 0 Å². The third-order valence-corrected chi connectivity index (χ3v) is 7.43. The summed E-state index contributed by atoms with van der Waals surface area (Å²) in [6.07, 6.45) is -4.22. The van der Waals surface area contributed by atoms with Crippen molar-refractivity contribution in [2.24, 2.45) is 0 Å². The van der Waals surface area contributed by atoms with E-state index in [0.29, 0.717) is 15.0 Å². The Morgan fingerprint density at radius 2 is 1.74 bits per heavy atom. The lowest BCUT2D eigenvalue weighted by molar-refractivity contribution is -0.137. The first-order valence-electron chi connectivity index (χ1n) is 10.1. The fraction of sp³-hybridized carbons (Fsp3) is 0.375. The Balaban J connectivity index is 2.05. The number of Topliss-reactive ketones (excluding diaryl/α,β-unsaturated/α-hetero) is 1. The van der Waals surface area contributed by atoms with E-state index in [-0.39, 0.29) is 17.6 Å². The van der Waals surface area contributed by atoms with E-state index in [9.17, 15) is 18.0 Å². The zero-order valence-corrected chi connectivity index (χ0v) is 19.9. The Hall–Kier alpha value is -1.99. The number of fused-ring (bicyclic) bond motifs is 1. The predicted octanol–water partition coefficient (Wildman–Crippen LogP) is 7.80. The molecule has 3 aromatic rings. The quantitative estimate of drug-likeness (QED) is 0.297. The lowest BCUT2D eigenvalue weighted by Gasteiger charge is -2.21. The molecule has 2 aromatic carbocycles. The van der Waals surface area contributed by atoms with Crippen molar-refractivity contribution in [1.82, 2.24) is 0 Å². The summed E-state index contributed by atoms with van der Waals surface area (Å²) in [5, 5.41) is 3.86. The molecule has 3 rings (SSSR count). The molecule has 0 saturated heterocycles. The van der Waals surface area contributed by atoms with Gasteiger partial charge in [-0.2, -0.15) is 13.2 Å². The first-order valence-corrected chi connectivity index (χ1v) is 11.9. The molecule has 0 radical (unpaired) electrons. The van der Waals surface area contributed by atoms with Gasteiger partial charge in [0.1, 0.15) is 0 Å². The first kappa shape index (κ1) is 23.7. The maximum absolute atomic E-state index is 13.3. The first-order chi connectivity index (χ1) is 14.5. The SMILES string of the molecule is CCSc1c(C(=O)Cc2cc(C(C)(C)C)ccc2NC)sc2cc(C(F)(F)F)ccc12. The lowest BCUT2D eigenvalue weighted by atomic mass is 9.85. The summed E-state index contributed by atoms with van der Waals surface area (Å²) in [6, 6.07) is 9.81. The molecule has 0 spiro atoms. The van der Waals surface area contributed by atoms with Gasteiger partial charge in [0.2, 0.25) is 0 Å². The largest absolute Gasteiger partial charge is 0.416 e. The van der Waals surface area contributed by atoms with Crippen LogP contribution in [0.5, 0.6) is 0 Å². The minimum Gasteiger partial charge on any atom is -0.388 e. The van der Waals surface area contributed by atoms with Crippen molar-refractivity contribution in [2.75, 3.05) is 18.1 Å². The molecule has 0 aliphatic rings. The van der Waals surface area contributed by atoms with E-state index >= 15 is 0 Å². The summed E-state index contributed by atoms with van der Waals surface area (Å²) < 4.78 is 40.0. The van der Waals surface area contributed by atoms with Gasteiger partial charge in [0.15, 0.2) is 5.78 Å². The van der Waals surface area contributed by atoms with E-state index in [1.54, 1.807) is 0 Å². The number of alkyl halides is 3. The minimum absolute atomic E-state index is 0.0566. The number of halogens is 3. The number of thioether (sulfide) groups is 1. The standard InChI is InChI=1S/C24H26F3NOS2/c1-6-30-21-17-9-7-16(24(25,26)27)13-20(17)31-22(21)19(29)12-14-11-15(23(2,3)4)8-10-18(14)28-5/h7-11,13,28H,6,12H2,1-5H3. The van der Waals surface area contributed by atoms with E-state index in [1.165, 1.54) is 17.8 Å². The maximum atomic E-state index is 13.3. The third kappa shape index (κ3) is 5.09. The highest BCUT2D eigenvalue weighted by Gasteiger charge is 2.31. The van der Waals surface area contributed by atoms with Gasteiger partial charge in [0.05, 0.1) is 10.4 Å². The second-order valence-electron chi connectivity index (χ2n) is 8.37. The molecule has 1 heterocycles. The van der Waals surface area contributed by atoms with Crippen LogP contribution in [-0.4, -0.2) is 18.6 Å². The van der Waals surface area contributed by atoms with Crippen molar-refractivity contribution < 1.29 is 18.0 Å². The van der Waals surface area contributed by atoms with Crippen molar-refractivity contribution >= 4 is 44.7 Å². The Labute approximate surface area is 189 Å². The molecule has 0 aliphatic heterocycles. The van der Waals surface area contributed by atoms with Gasteiger partial charge in [-0.05, 0) is 40.5 Å². The zero-order chi connectivity index (χ0) is 23.0. The predicted molar refractivity (Wildman–Crippen MR) is 126 cm³/mol. The van der Waals surface area contributed by atoms with E-state index < -0.39 is 11.7 Å². The van der Waals surface area contributed by atoms with Gasteiger partial charge in [-0.3, -0.25) is 4.79 Å². The smallest absolute Gasteiger partial charge is 0.388 e. The molecule has 0 amide bonds. The molecule has 0 saturated carbocycles. The van der Waals surface area contributed by atoms with E-state index in [4.69, 9.17) is 0 Å². The van der Waals surface area contributed by atoms with Gasteiger partial charge in [0.25, 0.3) is 0 Å². The van der Waals surface area contributed by atoms with E-state index in [0.717, 1.165) is 50.9 Å². The van der Waals surface area contributed by atoms with Gasteiger partial charge >= 0.3 is 6.18 Å². The lowest BCUT2D eigenvalue weighted by Crippen LogP contribution is -2.13. The highest BCUT2D eigenvalue weighted by molar-refractivity contribution is 7.99. The number of rotatable bonds is 6. The molecule has 2 nitrogen and oxygen atoms in total. The number of hydrogen-bond acceptors (Lipinski definition) is 4. The molecule has 1 N–H and O–H groups in total. The summed E-state index contributed by atoms with van der Waals surface area (Å²) in [5.41, 5.74) is 2.15. The number of nitrogens with one attached hydrogen (secondary N) is 1. The van der Waals surface area contributed by atoms with Gasteiger partial charge in [-0.25, -0.2) is 0 Å². The van der Waals surface area contributed by atoms with Crippen LogP contribution in [0, 0.1) is 0 Å². The fourth-order valence-electron chi connectivity index (χ4n) is 3.42. The van der Waals surface area contributed by atoms with Crippen molar-refractivity contribution in [1.29, 1.82) is 0 Å². The number of hydrogen-bond donors (Lipinski definition) is 1. The molecule has 0 atom stereocenters. The Bertz CT molecular complexity index is 1110. The Morgan fingerprint density at radius 3 is 2.32 bits per heavy atom. The molecule has 1 aromatic heterocycles. The molecule has 166 valence electrons. The van der Waals surface area contributed by atoms with Crippen molar-refractivity contribution in [3.8, 4) is 0 Å². The third-order valence-electron chi connectivity index (χ3n) is 5.11. The van der Waals surface area contributed by atoms with Gasteiger partial charge in [-0.1, -0.05) is 45.9 Å². The number of carbonyl (C=O) groups is 1. The second-order valence-corrected chi connectivity index (χ2v) is 10.7. The molecule has 0 aliphatic carbocycles. The fourth-order valence-corrected chi connectivity index (χ4v) is 5.73. The number of benzene rings is 2. The molecular formula is C24H26F3NOS2. The average molecular weight is 466 g/mol. The molecule has 31 heavy (non-hydrogen) atoms. The zero-order valence-electron chi connectivity index (χ0n) is 18.2. The summed E-state index contributed by atoms with van der Waals surface area (Å²) in [5.74, 6) is 0.655. The van der Waals surface area contributed by atoms with Crippen LogP contribution >= 0.6 is 23.1 Å². The molecular weight excluding hydrogens is 439 g/mol. The van der Waals surface area contributed by atoms with Crippen LogP contribution in [0.25, 0.3) is 10.1 Å². The number of ketones is 1. The molecule has 0 fully saturated rings. The summed E-state index contributed by atoms with van der Waals surface area (Å²) in [4.78, 5) is 14.6. The van der Waals surface area contributed by atoms with Crippen LogP contribution in [-0.2, 0) is 18.0 Å². The minimum atomic E-state index is -4.41. The highest BCUT2D eigenvalue weighted by atomic mass is 32.2. The Morgan fingerprint density at radius 1 is 1.06 bits per heavy atom. The van der Waals surface area contributed by atoms with E-state index in [1.807, 2.05) is 26.1 Å².